The molecule has 3 heteroatoms. The molecule has 2 rings (SSSR count). The smallest absolute Gasteiger partial charge is 0.117 e. The molecule has 0 atom stereocenters. The molecule has 1 heterocycles. The molecule has 0 aliphatic rings. The zero-order valence-electron chi connectivity index (χ0n) is 12.4. The summed E-state index contributed by atoms with van der Waals surface area (Å²) in [6.07, 6.45) is 1.71. The Hall–Kier alpha value is -1.58. The first-order chi connectivity index (χ1) is 9.81. The fourth-order valence-corrected chi connectivity index (χ4v) is 2.21. The van der Waals surface area contributed by atoms with Crippen LogP contribution in [-0.2, 0) is 19.6 Å². The van der Waals surface area contributed by atoms with Crippen LogP contribution in [0.25, 0.3) is 0 Å². The second-order valence-electron chi connectivity index (χ2n) is 4.96. The molecule has 0 spiro atoms. The van der Waals surface area contributed by atoms with Crippen LogP contribution in [0.2, 0.25) is 0 Å². The van der Waals surface area contributed by atoms with E-state index in [-0.39, 0.29) is 0 Å². The molecule has 0 saturated carbocycles. The second-order valence-corrected chi connectivity index (χ2v) is 4.96. The highest BCUT2D eigenvalue weighted by atomic mass is 16.3. The zero-order valence-corrected chi connectivity index (χ0v) is 12.4. The SMILES string of the molecule is CCN(CC)Cc1ccc(CNCc2ccco2)cc1. The Morgan fingerprint density at radius 3 is 2.25 bits per heavy atom. The van der Waals surface area contributed by atoms with Crippen molar-refractivity contribution in [3.63, 3.8) is 0 Å². The molecule has 0 saturated heterocycles. The Labute approximate surface area is 121 Å². The van der Waals surface area contributed by atoms with E-state index >= 15 is 0 Å². The van der Waals surface area contributed by atoms with Crippen LogP contribution in [-0.4, -0.2) is 18.0 Å². The molecule has 1 aromatic carbocycles. The van der Waals surface area contributed by atoms with Crippen molar-refractivity contribution in [3.8, 4) is 0 Å². The third-order valence-corrected chi connectivity index (χ3v) is 3.53. The van der Waals surface area contributed by atoms with Crippen LogP contribution in [0.4, 0.5) is 0 Å². The van der Waals surface area contributed by atoms with E-state index < -0.39 is 0 Å². The van der Waals surface area contributed by atoms with E-state index in [0.29, 0.717) is 0 Å². The predicted octanol–water partition coefficient (Wildman–Crippen LogP) is 3.41. The quantitative estimate of drug-likeness (QED) is 0.798. The Morgan fingerprint density at radius 1 is 0.950 bits per heavy atom. The minimum Gasteiger partial charge on any atom is -0.468 e. The largest absolute Gasteiger partial charge is 0.468 e. The average molecular weight is 272 g/mol. The lowest BCUT2D eigenvalue weighted by atomic mass is 10.1. The van der Waals surface area contributed by atoms with Gasteiger partial charge in [0.2, 0.25) is 0 Å². The van der Waals surface area contributed by atoms with Crippen LogP contribution in [0.15, 0.2) is 47.1 Å². The summed E-state index contributed by atoms with van der Waals surface area (Å²) in [4.78, 5) is 2.42. The highest BCUT2D eigenvalue weighted by Gasteiger charge is 2.01. The maximum atomic E-state index is 5.29. The fourth-order valence-electron chi connectivity index (χ4n) is 2.21. The molecular formula is C17H24N2O. The van der Waals surface area contributed by atoms with Crippen molar-refractivity contribution in [1.29, 1.82) is 0 Å². The lowest BCUT2D eigenvalue weighted by molar-refractivity contribution is 0.296. The number of rotatable bonds is 8. The van der Waals surface area contributed by atoms with Gasteiger partial charge in [0.1, 0.15) is 5.76 Å². The van der Waals surface area contributed by atoms with Gasteiger partial charge in [-0.1, -0.05) is 38.1 Å². The van der Waals surface area contributed by atoms with Gasteiger partial charge in [-0.15, -0.1) is 0 Å². The van der Waals surface area contributed by atoms with Gasteiger partial charge in [0, 0.05) is 13.1 Å². The number of furan rings is 1. The van der Waals surface area contributed by atoms with Crippen molar-refractivity contribution < 1.29 is 4.42 Å². The van der Waals surface area contributed by atoms with Crippen LogP contribution in [0.1, 0.15) is 30.7 Å². The number of nitrogens with zero attached hydrogens (tertiary/aromatic N) is 1. The van der Waals surface area contributed by atoms with Gasteiger partial charge in [-0.05, 0) is 36.3 Å². The summed E-state index contributed by atoms with van der Waals surface area (Å²) in [5.41, 5.74) is 2.68. The molecule has 0 amide bonds. The molecular weight excluding hydrogens is 248 g/mol. The van der Waals surface area contributed by atoms with Crippen molar-refractivity contribution in [3.05, 3.63) is 59.5 Å². The minimum absolute atomic E-state index is 0.772. The third-order valence-electron chi connectivity index (χ3n) is 3.53. The Balaban J connectivity index is 1.79. The first kappa shape index (κ1) is 14.8. The standard InChI is InChI=1S/C17H24N2O/c1-3-19(4-2)14-16-9-7-15(8-10-16)12-18-13-17-6-5-11-20-17/h5-11,18H,3-4,12-14H2,1-2H3. The molecule has 0 radical (unpaired) electrons. The molecule has 0 aliphatic carbocycles. The van der Waals surface area contributed by atoms with Gasteiger partial charge in [-0.25, -0.2) is 0 Å². The summed E-state index contributed by atoms with van der Waals surface area (Å²) in [5, 5.41) is 3.38. The first-order valence-electron chi connectivity index (χ1n) is 7.35. The number of nitrogens with one attached hydrogen (secondary N) is 1. The summed E-state index contributed by atoms with van der Waals surface area (Å²) in [6, 6.07) is 12.8. The van der Waals surface area contributed by atoms with Gasteiger partial charge >= 0.3 is 0 Å². The highest BCUT2D eigenvalue weighted by molar-refractivity contribution is 5.22. The number of hydrogen-bond acceptors (Lipinski definition) is 3. The molecule has 0 unspecified atom stereocenters. The summed E-state index contributed by atoms with van der Waals surface area (Å²) in [5.74, 6) is 0.975. The van der Waals surface area contributed by atoms with Crippen LogP contribution < -0.4 is 5.32 Å². The van der Waals surface area contributed by atoms with Gasteiger partial charge in [-0.2, -0.15) is 0 Å². The predicted molar refractivity (Wildman–Crippen MR) is 82.3 cm³/mol. The maximum Gasteiger partial charge on any atom is 0.117 e. The van der Waals surface area contributed by atoms with Crippen molar-refractivity contribution in [2.75, 3.05) is 13.1 Å². The van der Waals surface area contributed by atoms with Gasteiger partial charge in [0.25, 0.3) is 0 Å². The summed E-state index contributed by atoms with van der Waals surface area (Å²) in [7, 11) is 0. The summed E-state index contributed by atoms with van der Waals surface area (Å²) < 4.78 is 5.29. The third kappa shape index (κ3) is 4.51. The van der Waals surface area contributed by atoms with E-state index in [4.69, 9.17) is 4.42 Å². The van der Waals surface area contributed by atoms with Gasteiger partial charge in [0.05, 0.1) is 12.8 Å². The van der Waals surface area contributed by atoms with Crippen LogP contribution in [0.3, 0.4) is 0 Å². The van der Waals surface area contributed by atoms with Crippen molar-refractivity contribution in [2.45, 2.75) is 33.5 Å². The summed E-state index contributed by atoms with van der Waals surface area (Å²) in [6.45, 7) is 9.28. The zero-order chi connectivity index (χ0) is 14.2. The van der Waals surface area contributed by atoms with Crippen molar-refractivity contribution in [1.82, 2.24) is 10.2 Å². The van der Waals surface area contributed by atoms with Crippen LogP contribution in [0.5, 0.6) is 0 Å². The molecule has 0 bridgehead atoms. The molecule has 0 fully saturated rings. The van der Waals surface area contributed by atoms with Crippen molar-refractivity contribution >= 4 is 0 Å². The fraction of sp³-hybridized carbons (Fsp3) is 0.412. The van der Waals surface area contributed by atoms with Crippen LogP contribution >= 0.6 is 0 Å². The van der Waals surface area contributed by atoms with E-state index in [0.717, 1.165) is 38.5 Å². The Morgan fingerprint density at radius 2 is 1.65 bits per heavy atom. The normalized spacial score (nSPS) is 11.2. The molecule has 108 valence electrons. The first-order valence-corrected chi connectivity index (χ1v) is 7.35. The summed E-state index contributed by atoms with van der Waals surface area (Å²) >= 11 is 0. The van der Waals surface area contributed by atoms with Crippen LogP contribution in [0, 0.1) is 0 Å². The average Bonchev–Trinajstić information content (AvgIpc) is 2.99. The topological polar surface area (TPSA) is 28.4 Å². The number of benzene rings is 1. The van der Waals surface area contributed by atoms with E-state index in [9.17, 15) is 0 Å². The molecule has 1 N–H and O–H groups in total. The van der Waals surface area contributed by atoms with E-state index in [1.54, 1.807) is 6.26 Å². The van der Waals surface area contributed by atoms with Crippen molar-refractivity contribution in [2.24, 2.45) is 0 Å². The van der Waals surface area contributed by atoms with E-state index in [1.165, 1.54) is 11.1 Å². The monoisotopic (exact) mass is 272 g/mol. The highest BCUT2D eigenvalue weighted by Crippen LogP contribution is 2.08. The minimum atomic E-state index is 0.772. The molecule has 3 nitrogen and oxygen atoms in total. The van der Waals surface area contributed by atoms with Gasteiger partial charge in [0.15, 0.2) is 0 Å². The lowest BCUT2D eigenvalue weighted by Crippen LogP contribution is -2.22. The number of hydrogen-bond donors (Lipinski definition) is 1. The molecule has 0 aliphatic heterocycles. The van der Waals surface area contributed by atoms with Gasteiger partial charge < -0.3 is 9.73 Å². The van der Waals surface area contributed by atoms with E-state index in [2.05, 4.69) is 48.3 Å². The molecule has 2 aromatic rings. The Kier molecular flexibility index (Phi) is 5.84. The maximum absolute atomic E-state index is 5.29. The molecule has 1 aromatic heterocycles. The molecule has 20 heavy (non-hydrogen) atoms. The van der Waals surface area contributed by atoms with E-state index in [1.807, 2.05) is 12.1 Å². The lowest BCUT2D eigenvalue weighted by Gasteiger charge is -2.18. The van der Waals surface area contributed by atoms with Gasteiger partial charge in [-0.3, -0.25) is 4.90 Å². The second kappa shape index (κ2) is 7.88. The Bertz CT molecular complexity index is 472.